The van der Waals surface area contributed by atoms with Crippen molar-refractivity contribution >= 4 is 28.6 Å². The molecule has 0 fully saturated rings. The number of hydrogen-bond donors (Lipinski definition) is 0. The first-order chi connectivity index (χ1) is 14.5. The number of benzene rings is 2. The highest BCUT2D eigenvalue weighted by atomic mass is 16.5. The Morgan fingerprint density at radius 1 is 1.00 bits per heavy atom. The second-order valence-corrected chi connectivity index (χ2v) is 6.86. The topological polar surface area (TPSA) is 84.9 Å². The van der Waals surface area contributed by atoms with Gasteiger partial charge < -0.3 is 19.3 Å². The van der Waals surface area contributed by atoms with Gasteiger partial charge >= 0.3 is 5.97 Å². The fraction of sp³-hybridized carbons (Fsp3) is 0.273. The lowest BCUT2D eigenvalue weighted by atomic mass is 10.1. The molecule has 1 aromatic heterocycles. The molecule has 2 aromatic carbocycles. The molecule has 0 spiro atoms. The lowest BCUT2D eigenvalue weighted by molar-refractivity contribution is -0.150. The molecule has 0 radical (unpaired) electrons. The summed E-state index contributed by atoms with van der Waals surface area (Å²) in [5, 5.41) is 2.12. The van der Waals surface area contributed by atoms with E-state index < -0.39 is 5.97 Å². The Morgan fingerprint density at radius 2 is 1.70 bits per heavy atom. The maximum absolute atomic E-state index is 12.3. The molecule has 8 nitrogen and oxygen atoms in total. The van der Waals surface area contributed by atoms with E-state index in [1.165, 1.54) is 4.90 Å². The molecule has 156 valence electrons. The Balaban J connectivity index is 1.50. The third-order valence-corrected chi connectivity index (χ3v) is 4.57. The Kier molecular flexibility index (Phi) is 6.79. The largest absolute Gasteiger partial charge is 0.497 e. The highest BCUT2D eigenvalue weighted by Crippen LogP contribution is 2.22. The van der Waals surface area contributed by atoms with Crippen LogP contribution in [0.3, 0.4) is 0 Å². The van der Waals surface area contributed by atoms with Crippen LogP contribution in [0.5, 0.6) is 5.75 Å². The van der Waals surface area contributed by atoms with E-state index in [4.69, 9.17) is 9.47 Å². The van der Waals surface area contributed by atoms with Gasteiger partial charge in [-0.1, -0.05) is 18.2 Å². The Hall–Kier alpha value is -3.68. The summed E-state index contributed by atoms with van der Waals surface area (Å²) in [5.74, 6) is 0.406. The zero-order valence-electron chi connectivity index (χ0n) is 17.2. The zero-order valence-corrected chi connectivity index (χ0v) is 17.2. The van der Waals surface area contributed by atoms with E-state index in [9.17, 15) is 9.59 Å². The second-order valence-electron chi connectivity index (χ2n) is 6.86. The van der Waals surface area contributed by atoms with Crippen molar-refractivity contribution in [3.05, 3.63) is 60.4 Å². The van der Waals surface area contributed by atoms with E-state index in [0.717, 1.165) is 22.1 Å². The van der Waals surface area contributed by atoms with Crippen molar-refractivity contribution in [3.63, 3.8) is 0 Å². The number of carbonyl (C=O) groups is 2. The van der Waals surface area contributed by atoms with Crippen LogP contribution >= 0.6 is 0 Å². The van der Waals surface area contributed by atoms with Crippen LogP contribution in [0.4, 0.5) is 5.95 Å². The van der Waals surface area contributed by atoms with Gasteiger partial charge in [0.1, 0.15) is 12.3 Å². The molecule has 3 rings (SSSR count). The van der Waals surface area contributed by atoms with Crippen molar-refractivity contribution in [2.75, 3.05) is 39.3 Å². The Labute approximate surface area is 175 Å². The lowest BCUT2D eigenvalue weighted by Gasteiger charge is -2.19. The molecule has 30 heavy (non-hydrogen) atoms. The van der Waals surface area contributed by atoms with Crippen molar-refractivity contribution in [1.29, 1.82) is 0 Å². The summed E-state index contributed by atoms with van der Waals surface area (Å²) in [6, 6.07) is 13.5. The molecule has 0 aliphatic carbocycles. The summed E-state index contributed by atoms with van der Waals surface area (Å²) < 4.78 is 10.3. The average molecular weight is 408 g/mol. The van der Waals surface area contributed by atoms with Crippen LogP contribution in [0.25, 0.3) is 10.8 Å². The summed E-state index contributed by atoms with van der Waals surface area (Å²) in [6.45, 7) is 0.0505. The number of hydrogen-bond acceptors (Lipinski definition) is 7. The highest BCUT2D eigenvalue weighted by Gasteiger charge is 2.15. The minimum absolute atomic E-state index is 0.0465. The molecular formula is C22H24N4O4. The van der Waals surface area contributed by atoms with E-state index in [0.29, 0.717) is 12.5 Å². The molecule has 0 N–H and O–H groups in total. The van der Waals surface area contributed by atoms with Crippen LogP contribution in [0.1, 0.15) is 5.56 Å². The van der Waals surface area contributed by atoms with Crippen molar-refractivity contribution < 1.29 is 19.1 Å². The van der Waals surface area contributed by atoms with Gasteiger partial charge in [-0.25, -0.2) is 9.97 Å². The van der Waals surface area contributed by atoms with Gasteiger partial charge in [-0.15, -0.1) is 0 Å². The van der Waals surface area contributed by atoms with Gasteiger partial charge in [0, 0.05) is 33.0 Å². The quantitative estimate of drug-likeness (QED) is 0.529. The number of esters is 1. The predicted molar refractivity (Wildman–Crippen MR) is 113 cm³/mol. The van der Waals surface area contributed by atoms with Crippen LogP contribution in [-0.4, -0.2) is 61.1 Å². The zero-order chi connectivity index (χ0) is 21.5. The van der Waals surface area contributed by atoms with Crippen LogP contribution in [0.2, 0.25) is 0 Å². The third kappa shape index (κ3) is 5.44. The van der Waals surface area contributed by atoms with Gasteiger partial charge in [0.2, 0.25) is 5.95 Å². The van der Waals surface area contributed by atoms with E-state index >= 15 is 0 Å². The fourth-order valence-electron chi connectivity index (χ4n) is 2.91. The molecule has 0 bridgehead atoms. The minimum Gasteiger partial charge on any atom is -0.497 e. The monoisotopic (exact) mass is 408 g/mol. The van der Waals surface area contributed by atoms with Crippen molar-refractivity contribution in [1.82, 2.24) is 14.9 Å². The number of methoxy groups -OCH3 is 1. The van der Waals surface area contributed by atoms with Crippen LogP contribution in [-0.2, 0) is 20.9 Å². The number of ether oxygens (including phenoxy) is 2. The number of rotatable bonds is 8. The number of nitrogens with zero attached hydrogens (tertiary/aromatic N) is 4. The summed E-state index contributed by atoms with van der Waals surface area (Å²) in [5.41, 5.74) is 0.982. The van der Waals surface area contributed by atoms with Gasteiger partial charge in [-0.2, -0.15) is 0 Å². The number of amides is 1. The van der Waals surface area contributed by atoms with E-state index in [1.807, 2.05) is 36.4 Å². The van der Waals surface area contributed by atoms with Crippen molar-refractivity contribution in [3.8, 4) is 5.75 Å². The number of anilines is 1. The summed E-state index contributed by atoms with van der Waals surface area (Å²) in [4.78, 5) is 35.6. The summed E-state index contributed by atoms with van der Waals surface area (Å²) in [6.07, 6.45) is 3.18. The second kappa shape index (κ2) is 9.69. The van der Waals surface area contributed by atoms with E-state index in [-0.39, 0.29) is 19.1 Å². The number of aromatic nitrogens is 2. The number of likely N-dealkylation sites (N-methyl/N-ethyl adjacent to an activating group) is 2. The van der Waals surface area contributed by atoms with Gasteiger partial charge in [-0.3, -0.25) is 9.59 Å². The molecule has 1 amide bonds. The van der Waals surface area contributed by atoms with Crippen LogP contribution < -0.4 is 9.64 Å². The lowest BCUT2D eigenvalue weighted by Crippen LogP contribution is -2.34. The van der Waals surface area contributed by atoms with E-state index in [2.05, 4.69) is 9.97 Å². The first kappa shape index (κ1) is 21.0. The molecule has 0 saturated carbocycles. The maximum Gasteiger partial charge on any atom is 0.326 e. The highest BCUT2D eigenvalue weighted by molar-refractivity contribution is 5.85. The Morgan fingerprint density at radius 3 is 2.43 bits per heavy atom. The number of carbonyl (C=O) groups excluding carboxylic acids is 2. The van der Waals surface area contributed by atoms with Gasteiger partial charge in [0.15, 0.2) is 6.61 Å². The van der Waals surface area contributed by atoms with Gasteiger partial charge in [0.05, 0.1) is 7.11 Å². The van der Waals surface area contributed by atoms with Crippen molar-refractivity contribution in [2.45, 2.75) is 6.54 Å². The molecule has 3 aromatic rings. The van der Waals surface area contributed by atoms with Crippen LogP contribution in [0.15, 0.2) is 54.9 Å². The predicted octanol–water partition coefficient (Wildman–Crippen LogP) is 2.28. The number of fused-ring (bicyclic) bond motifs is 1. The third-order valence-electron chi connectivity index (χ3n) is 4.57. The average Bonchev–Trinajstić information content (AvgIpc) is 2.77. The first-order valence-electron chi connectivity index (χ1n) is 9.40. The molecule has 1 heterocycles. The SMILES string of the molecule is COc1ccc2cc(CN(C)C(=O)COC(=O)CN(C)c3ncccn3)ccc2c1. The first-order valence-corrected chi connectivity index (χ1v) is 9.40. The van der Waals surface area contributed by atoms with Gasteiger partial charge in [-0.05, 0) is 40.6 Å². The minimum atomic E-state index is -0.522. The summed E-state index contributed by atoms with van der Waals surface area (Å²) in [7, 11) is 4.99. The molecule has 8 heteroatoms. The molecule has 0 aliphatic rings. The molecule has 0 aliphatic heterocycles. The van der Waals surface area contributed by atoms with Crippen LogP contribution in [0, 0.1) is 0 Å². The molecule has 0 atom stereocenters. The standard InChI is InChI=1S/C22H24N4O4/c1-25(13-16-5-6-18-12-19(29-3)8-7-17(18)11-16)20(27)15-30-21(28)14-26(2)22-23-9-4-10-24-22/h4-12H,13-15H2,1-3H3. The van der Waals surface area contributed by atoms with Crippen molar-refractivity contribution in [2.24, 2.45) is 0 Å². The maximum atomic E-state index is 12.3. The van der Waals surface area contributed by atoms with Gasteiger partial charge in [0.25, 0.3) is 5.91 Å². The Bertz CT molecular complexity index is 1030. The molecular weight excluding hydrogens is 384 g/mol. The fourth-order valence-corrected chi connectivity index (χ4v) is 2.91. The summed E-state index contributed by atoms with van der Waals surface area (Å²) >= 11 is 0. The molecule has 0 unspecified atom stereocenters. The smallest absolute Gasteiger partial charge is 0.326 e. The molecule has 0 saturated heterocycles. The normalized spacial score (nSPS) is 10.5. The van der Waals surface area contributed by atoms with E-state index in [1.54, 1.807) is 44.6 Å².